The third kappa shape index (κ3) is 3.94. The maximum absolute atomic E-state index is 12.8. The Morgan fingerprint density at radius 3 is 2.29 bits per heavy atom. The molecule has 0 aromatic heterocycles. The van der Waals surface area contributed by atoms with Crippen LogP contribution in [-0.4, -0.2) is 18.9 Å². The van der Waals surface area contributed by atoms with E-state index in [-0.39, 0.29) is 11.7 Å². The van der Waals surface area contributed by atoms with Gasteiger partial charge in [0.25, 0.3) is 0 Å². The van der Waals surface area contributed by atoms with Crippen LogP contribution < -0.4 is 4.90 Å². The van der Waals surface area contributed by atoms with Gasteiger partial charge in [0.05, 0.1) is 0 Å². The summed E-state index contributed by atoms with van der Waals surface area (Å²) in [5.74, 6) is -0.0210. The molecule has 124 valence electrons. The average Bonchev–Trinajstić information content (AvgIpc) is 2.67. The van der Waals surface area contributed by atoms with Crippen molar-refractivity contribution in [3.63, 3.8) is 0 Å². The minimum atomic E-state index is -0.173. The lowest BCUT2D eigenvalue weighted by molar-refractivity contribution is 0.0945. The Kier molecular flexibility index (Phi) is 5.47. The minimum absolute atomic E-state index is 0.152. The van der Waals surface area contributed by atoms with E-state index in [2.05, 4.69) is 35.7 Å². The first-order valence-corrected chi connectivity index (χ1v) is 8.83. The molecule has 0 amide bonds. The topological polar surface area (TPSA) is 20.3 Å². The van der Waals surface area contributed by atoms with Crippen molar-refractivity contribution in [2.45, 2.75) is 25.7 Å². The maximum Gasteiger partial charge on any atom is 0.170 e. The molecule has 24 heavy (non-hydrogen) atoms. The Morgan fingerprint density at radius 2 is 1.67 bits per heavy atom. The molecule has 2 heteroatoms. The number of hydrogen-bond acceptors (Lipinski definition) is 2. The van der Waals surface area contributed by atoms with Crippen LogP contribution in [0, 0.1) is 5.92 Å². The molecule has 1 unspecified atom stereocenters. The van der Waals surface area contributed by atoms with Crippen LogP contribution in [0.1, 0.15) is 35.2 Å². The number of nitrogens with zero attached hydrogens (tertiary/aromatic N) is 1. The number of rotatable bonds is 6. The van der Waals surface area contributed by atoms with E-state index in [1.54, 1.807) is 6.08 Å². The molecule has 0 radical (unpaired) electrons. The number of Topliss-reactive ketones (excluding diaryl/α,β-unsaturated/α-hetero) is 1. The Morgan fingerprint density at radius 1 is 1.00 bits per heavy atom. The van der Waals surface area contributed by atoms with Gasteiger partial charge in [0.1, 0.15) is 0 Å². The number of hydrogen-bond donors (Lipinski definition) is 0. The highest BCUT2D eigenvalue weighted by molar-refractivity contribution is 5.99. The quantitative estimate of drug-likeness (QED) is 0.557. The van der Waals surface area contributed by atoms with E-state index >= 15 is 0 Å². The maximum atomic E-state index is 12.8. The van der Waals surface area contributed by atoms with E-state index in [4.69, 9.17) is 0 Å². The zero-order chi connectivity index (χ0) is 16.8. The van der Waals surface area contributed by atoms with Crippen LogP contribution >= 0.6 is 0 Å². The number of anilines is 1. The minimum Gasteiger partial charge on any atom is -0.372 e. The van der Waals surface area contributed by atoms with Crippen molar-refractivity contribution in [2.75, 3.05) is 18.0 Å². The van der Waals surface area contributed by atoms with Crippen LogP contribution in [0.25, 0.3) is 0 Å². The highest BCUT2D eigenvalue weighted by atomic mass is 16.1. The Bertz CT molecular complexity index is 669. The first-order chi connectivity index (χ1) is 11.8. The lowest BCUT2D eigenvalue weighted by Gasteiger charge is -2.28. The van der Waals surface area contributed by atoms with Crippen molar-refractivity contribution in [2.24, 2.45) is 5.92 Å². The molecule has 2 nitrogen and oxygen atoms in total. The van der Waals surface area contributed by atoms with Crippen molar-refractivity contribution < 1.29 is 4.79 Å². The second-order valence-corrected chi connectivity index (χ2v) is 6.49. The molecule has 3 rings (SSSR count). The molecule has 1 fully saturated rings. The second kappa shape index (κ2) is 7.96. The molecule has 0 spiro atoms. The Balaban J connectivity index is 1.70. The van der Waals surface area contributed by atoms with Gasteiger partial charge < -0.3 is 4.90 Å². The van der Waals surface area contributed by atoms with Gasteiger partial charge >= 0.3 is 0 Å². The zero-order valence-corrected chi connectivity index (χ0v) is 14.2. The van der Waals surface area contributed by atoms with E-state index in [1.807, 2.05) is 30.3 Å². The monoisotopic (exact) mass is 319 g/mol. The van der Waals surface area contributed by atoms with Crippen LogP contribution in [0.2, 0.25) is 0 Å². The fraction of sp³-hybridized carbons (Fsp3) is 0.318. The zero-order valence-electron chi connectivity index (χ0n) is 14.2. The van der Waals surface area contributed by atoms with Crippen molar-refractivity contribution in [3.05, 3.63) is 78.4 Å². The smallest absolute Gasteiger partial charge is 0.170 e. The van der Waals surface area contributed by atoms with Gasteiger partial charge in [-0.1, -0.05) is 36.4 Å². The first-order valence-electron chi connectivity index (χ1n) is 8.83. The van der Waals surface area contributed by atoms with Gasteiger partial charge in [0.2, 0.25) is 0 Å². The third-order valence-corrected chi connectivity index (χ3v) is 4.79. The number of benzene rings is 2. The van der Waals surface area contributed by atoms with E-state index in [0.29, 0.717) is 6.42 Å². The van der Waals surface area contributed by atoms with E-state index in [9.17, 15) is 4.79 Å². The molecule has 1 saturated heterocycles. The van der Waals surface area contributed by atoms with E-state index in [1.165, 1.54) is 30.5 Å². The summed E-state index contributed by atoms with van der Waals surface area (Å²) < 4.78 is 0. The van der Waals surface area contributed by atoms with Crippen LogP contribution in [0.15, 0.2) is 67.3 Å². The lowest BCUT2D eigenvalue weighted by Crippen LogP contribution is -2.29. The summed E-state index contributed by atoms with van der Waals surface area (Å²) in [6.07, 6.45) is 6.32. The number of carbonyl (C=O) groups excluding carboxylic acids is 1. The molecule has 1 aliphatic heterocycles. The molecular formula is C22H25NO. The van der Waals surface area contributed by atoms with E-state index in [0.717, 1.165) is 18.7 Å². The number of piperidine rings is 1. The normalized spacial score (nSPS) is 15.8. The number of allylic oxidation sites excluding steroid dienone is 1. The number of carbonyl (C=O) groups is 1. The summed E-state index contributed by atoms with van der Waals surface area (Å²) in [7, 11) is 0. The molecule has 1 aliphatic rings. The third-order valence-electron chi connectivity index (χ3n) is 4.79. The van der Waals surface area contributed by atoms with Crippen LogP contribution in [0.4, 0.5) is 5.69 Å². The van der Waals surface area contributed by atoms with Crippen molar-refractivity contribution in [3.8, 4) is 0 Å². The summed E-state index contributed by atoms with van der Waals surface area (Å²) in [6, 6.07) is 18.2. The largest absolute Gasteiger partial charge is 0.372 e. The Labute approximate surface area is 144 Å². The molecule has 0 saturated carbocycles. The predicted octanol–water partition coefficient (Wildman–Crippen LogP) is 4.90. The molecule has 2 aromatic rings. The van der Waals surface area contributed by atoms with Crippen LogP contribution in [0.5, 0.6) is 0 Å². The molecule has 2 aromatic carbocycles. The van der Waals surface area contributed by atoms with Gasteiger partial charge in [-0.3, -0.25) is 4.79 Å². The molecule has 0 bridgehead atoms. The standard InChI is InChI=1S/C22H25NO/c1-2-19(17-18-9-5-3-6-10-18)22(24)20-11-13-21(14-12-20)23-15-7-4-8-16-23/h2-3,5-6,9-14,19H,1,4,7-8,15-17H2. The summed E-state index contributed by atoms with van der Waals surface area (Å²) in [5.41, 5.74) is 3.17. The number of ketones is 1. The summed E-state index contributed by atoms with van der Waals surface area (Å²) in [4.78, 5) is 15.2. The molecule has 0 N–H and O–H groups in total. The first kappa shape index (κ1) is 16.5. The fourth-order valence-corrected chi connectivity index (χ4v) is 3.35. The molecule has 1 heterocycles. The van der Waals surface area contributed by atoms with Gasteiger partial charge in [-0.15, -0.1) is 6.58 Å². The predicted molar refractivity (Wildman–Crippen MR) is 101 cm³/mol. The average molecular weight is 319 g/mol. The van der Waals surface area contributed by atoms with Gasteiger partial charge in [0, 0.05) is 30.3 Å². The van der Waals surface area contributed by atoms with E-state index < -0.39 is 0 Å². The van der Waals surface area contributed by atoms with Gasteiger partial charge in [-0.05, 0) is 55.5 Å². The highest BCUT2D eigenvalue weighted by Gasteiger charge is 2.18. The molecule has 1 atom stereocenters. The summed E-state index contributed by atoms with van der Waals surface area (Å²) in [5, 5.41) is 0. The van der Waals surface area contributed by atoms with Crippen molar-refractivity contribution in [1.29, 1.82) is 0 Å². The van der Waals surface area contributed by atoms with Crippen LogP contribution in [-0.2, 0) is 6.42 Å². The van der Waals surface area contributed by atoms with Gasteiger partial charge in [0.15, 0.2) is 5.78 Å². The SMILES string of the molecule is C=CC(Cc1ccccc1)C(=O)c1ccc(N2CCCCC2)cc1. The van der Waals surface area contributed by atoms with Crippen molar-refractivity contribution >= 4 is 11.5 Å². The molecule has 0 aliphatic carbocycles. The summed E-state index contributed by atoms with van der Waals surface area (Å²) >= 11 is 0. The fourth-order valence-electron chi connectivity index (χ4n) is 3.35. The van der Waals surface area contributed by atoms with Crippen molar-refractivity contribution in [1.82, 2.24) is 0 Å². The molecular weight excluding hydrogens is 294 g/mol. The van der Waals surface area contributed by atoms with Gasteiger partial charge in [-0.2, -0.15) is 0 Å². The second-order valence-electron chi connectivity index (χ2n) is 6.49. The lowest BCUT2D eigenvalue weighted by atomic mass is 9.91. The van der Waals surface area contributed by atoms with Crippen LogP contribution in [0.3, 0.4) is 0 Å². The summed E-state index contributed by atoms with van der Waals surface area (Å²) in [6.45, 7) is 6.11. The van der Waals surface area contributed by atoms with Gasteiger partial charge in [-0.25, -0.2) is 0 Å². The Hall–Kier alpha value is -2.35. The highest BCUT2D eigenvalue weighted by Crippen LogP contribution is 2.22.